The van der Waals surface area contributed by atoms with Crippen LogP contribution in [0.15, 0.2) is 72.9 Å². The number of anilines is 1. The zero-order chi connectivity index (χ0) is 21.3. The SMILES string of the molecule is O=C(c1ccc(Cl)cc1)N1CC2(CCCN(Cc3ccccn3)C2)Cc2ccccc21. The second-order valence-electron chi connectivity index (χ2n) is 8.84. The summed E-state index contributed by atoms with van der Waals surface area (Å²) in [5, 5.41) is 0.643. The largest absolute Gasteiger partial charge is 0.307 e. The monoisotopic (exact) mass is 431 g/mol. The Kier molecular flexibility index (Phi) is 5.51. The lowest BCUT2D eigenvalue weighted by atomic mass is 9.72. The molecule has 2 aliphatic rings. The predicted octanol–water partition coefficient (Wildman–Crippen LogP) is 5.22. The summed E-state index contributed by atoms with van der Waals surface area (Å²) in [5.74, 6) is 0.0463. The van der Waals surface area contributed by atoms with Crippen molar-refractivity contribution in [2.75, 3.05) is 24.5 Å². The number of amides is 1. The van der Waals surface area contributed by atoms with E-state index in [-0.39, 0.29) is 11.3 Å². The van der Waals surface area contributed by atoms with Crippen LogP contribution in [0.4, 0.5) is 5.69 Å². The highest BCUT2D eigenvalue weighted by Gasteiger charge is 2.42. The molecule has 5 heteroatoms. The molecule has 1 spiro atoms. The van der Waals surface area contributed by atoms with Gasteiger partial charge >= 0.3 is 0 Å². The summed E-state index contributed by atoms with van der Waals surface area (Å²) < 4.78 is 0. The Labute approximate surface area is 188 Å². The van der Waals surface area contributed by atoms with Crippen molar-refractivity contribution in [1.82, 2.24) is 9.88 Å². The van der Waals surface area contributed by atoms with Crippen molar-refractivity contribution in [2.45, 2.75) is 25.8 Å². The van der Waals surface area contributed by atoms with Crippen LogP contribution in [0, 0.1) is 5.41 Å². The molecule has 1 amide bonds. The van der Waals surface area contributed by atoms with Gasteiger partial charge in [0.25, 0.3) is 5.91 Å². The Bertz CT molecular complexity index is 1070. The first-order chi connectivity index (χ1) is 15.1. The molecule has 1 atom stereocenters. The number of likely N-dealkylation sites (tertiary alicyclic amines) is 1. The summed E-state index contributed by atoms with van der Waals surface area (Å²) in [4.78, 5) is 22.5. The third kappa shape index (κ3) is 4.23. The lowest BCUT2D eigenvalue weighted by Crippen LogP contribution is -2.54. The Morgan fingerprint density at radius 2 is 1.81 bits per heavy atom. The van der Waals surface area contributed by atoms with Crippen molar-refractivity contribution in [3.63, 3.8) is 0 Å². The average Bonchev–Trinajstić information content (AvgIpc) is 2.79. The molecule has 158 valence electrons. The fraction of sp³-hybridized carbons (Fsp3) is 0.308. The molecule has 4 nitrogen and oxygen atoms in total. The Morgan fingerprint density at radius 1 is 1.00 bits per heavy atom. The van der Waals surface area contributed by atoms with Crippen LogP contribution >= 0.6 is 11.6 Å². The molecule has 0 aliphatic carbocycles. The summed E-state index contributed by atoms with van der Waals surface area (Å²) in [7, 11) is 0. The quantitative estimate of drug-likeness (QED) is 0.570. The van der Waals surface area contributed by atoms with Crippen LogP contribution < -0.4 is 4.90 Å². The molecule has 31 heavy (non-hydrogen) atoms. The molecule has 5 rings (SSSR count). The second kappa shape index (κ2) is 8.45. The van der Waals surface area contributed by atoms with Gasteiger partial charge < -0.3 is 4.90 Å². The number of para-hydroxylation sites is 1. The number of halogens is 1. The molecular weight excluding hydrogens is 406 g/mol. The minimum atomic E-state index is 0.0463. The van der Waals surface area contributed by atoms with Gasteiger partial charge in [-0.2, -0.15) is 0 Å². The van der Waals surface area contributed by atoms with Gasteiger partial charge in [0.05, 0.1) is 5.69 Å². The van der Waals surface area contributed by atoms with E-state index in [1.54, 1.807) is 12.1 Å². The number of hydrogen-bond acceptors (Lipinski definition) is 3. The van der Waals surface area contributed by atoms with E-state index in [0.29, 0.717) is 10.6 Å². The molecule has 1 unspecified atom stereocenters. The summed E-state index contributed by atoms with van der Waals surface area (Å²) in [6.45, 7) is 3.65. The van der Waals surface area contributed by atoms with E-state index in [1.165, 1.54) is 5.56 Å². The van der Waals surface area contributed by atoms with Crippen molar-refractivity contribution in [3.8, 4) is 0 Å². The van der Waals surface area contributed by atoms with E-state index in [9.17, 15) is 4.79 Å². The molecule has 0 saturated carbocycles. The van der Waals surface area contributed by atoms with Gasteiger partial charge in [-0.15, -0.1) is 0 Å². The standard InChI is InChI=1S/C26H26ClN3O/c27-22-11-9-20(10-12-22)25(31)30-19-26(16-21-6-1-2-8-24(21)30)13-5-15-29(18-26)17-23-7-3-4-14-28-23/h1-4,6-12,14H,5,13,15-19H2. The van der Waals surface area contributed by atoms with Gasteiger partial charge in [0.15, 0.2) is 0 Å². The maximum atomic E-state index is 13.5. The van der Waals surface area contributed by atoms with Gasteiger partial charge in [-0.3, -0.25) is 14.7 Å². The summed E-state index contributed by atoms with van der Waals surface area (Å²) in [6.07, 6.45) is 5.13. The first kappa shape index (κ1) is 20.2. The van der Waals surface area contributed by atoms with Crippen molar-refractivity contribution in [2.24, 2.45) is 5.41 Å². The third-order valence-electron chi connectivity index (χ3n) is 6.53. The van der Waals surface area contributed by atoms with E-state index in [1.807, 2.05) is 41.4 Å². The molecule has 2 aromatic carbocycles. The zero-order valence-corrected chi connectivity index (χ0v) is 18.3. The van der Waals surface area contributed by atoms with Crippen LogP contribution in [-0.4, -0.2) is 35.4 Å². The number of piperidine rings is 1. The number of carbonyl (C=O) groups is 1. The molecule has 3 aromatic rings. The summed E-state index contributed by atoms with van der Waals surface area (Å²) >= 11 is 6.05. The molecule has 1 aromatic heterocycles. The number of nitrogens with zero attached hydrogens (tertiary/aromatic N) is 3. The maximum absolute atomic E-state index is 13.5. The van der Waals surface area contributed by atoms with E-state index in [2.05, 4.69) is 34.1 Å². The number of aromatic nitrogens is 1. The fourth-order valence-electron chi connectivity index (χ4n) is 5.17. The summed E-state index contributed by atoms with van der Waals surface area (Å²) in [6, 6.07) is 21.7. The fourth-order valence-corrected chi connectivity index (χ4v) is 5.30. The van der Waals surface area contributed by atoms with Crippen molar-refractivity contribution in [1.29, 1.82) is 0 Å². The van der Waals surface area contributed by atoms with Gasteiger partial charge in [0.2, 0.25) is 0 Å². The van der Waals surface area contributed by atoms with Crippen molar-refractivity contribution in [3.05, 3.63) is 94.8 Å². The lowest BCUT2D eigenvalue weighted by molar-refractivity contribution is 0.0751. The van der Waals surface area contributed by atoms with Gasteiger partial charge in [0, 0.05) is 47.5 Å². The van der Waals surface area contributed by atoms with E-state index >= 15 is 0 Å². The molecule has 3 heterocycles. The molecule has 1 fully saturated rings. The van der Waals surface area contributed by atoms with E-state index in [4.69, 9.17) is 11.6 Å². The Hall–Kier alpha value is -2.69. The number of hydrogen-bond donors (Lipinski definition) is 0. The highest BCUT2D eigenvalue weighted by Crippen LogP contribution is 2.43. The van der Waals surface area contributed by atoms with Crippen LogP contribution in [0.2, 0.25) is 5.02 Å². The van der Waals surface area contributed by atoms with Crippen LogP contribution in [0.5, 0.6) is 0 Å². The number of rotatable bonds is 3. The minimum absolute atomic E-state index is 0.0463. The first-order valence-corrected chi connectivity index (χ1v) is 11.3. The van der Waals surface area contributed by atoms with E-state index in [0.717, 1.165) is 56.8 Å². The van der Waals surface area contributed by atoms with Crippen LogP contribution in [0.3, 0.4) is 0 Å². The van der Waals surface area contributed by atoms with Gasteiger partial charge in [0.1, 0.15) is 0 Å². The Balaban J connectivity index is 1.44. The molecule has 0 bridgehead atoms. The zero-order valence-electron chi connectivity index (χ0n) is 17.5. The lowest BCUT2D eigenvalue weighted by Gasteiger charge is -2.49. The van der Waals surface area contributed by atoms with Gasteiger partial charge in [-0.05, 0) is 73.8 Å². The molecular formula is C26H26ClN3O. The van der Waals surface area contributed by atoms with Crippen molar-refractivity contribution < 1.29 is 4.79 Å². The predicted molar refractivity (Wildman–Crippen MR) is 124 cm³/mol. The molecule has 2 aliphatic heterocycles. The molecule has 0 N–H and O–H groups in total. The number of fused-ring (bicyclic) bond motifs is 1. The summed E-state index contributed by atoms with van der Waals surface area (Å²) in [5.41, 5.74) is 4.14. The normalized spacial score (nSPS) is 21.1. The third-order valence-corrected chi connectivity index (χ3v) is 6.78. The van der Waals surface area contributed by atoms with Gasteiger partial charge in [-0.25, -0.2) is 0 Å². The smallest absolute Gasteiger partial charge is 0.258 e. The number of pyridine rings is 1. The average molecular weight is 432 g/mol. The first-order valence-electron chi connectivity index (χ1n) is 10.9. The highest BCUT2D eigenvalue weighted by molar-refractivity contribution is 6.30. The van der Waals surface area contributed by atoms with Gasteiger partial charge in [-0.1, -0.05) is 35.9 Å². The maximum Gasteiger partial charge on any atom is 0.258 e. The van der Waals surface area contributed by atoms with Crippen LogP contribution in [0.1, 0.15) is 34.5 Å². The Morgan fingerprint density at radius 3 is 2.61 bits per heavy atom. The van der Waals surface area contributed by atoms with Crippen LogP contribution in [0.25, 0.3) is 0 Å². The second-order valence-corrected chi connectivity index (χ2v) is 9.28. The number of carbonyl (C=O) groups excluding carboxylic acids is 1. The highest BCUT2D eigenvalue weighted by atomic mass is 35.5. The topological polar surface area (TPSA) is 36.4 Å². The van der Waals surface area contributed by atoms with Crippen molar-refractivity contribution >= 4 is 23.2 Å². The number of benzene rings is 2. The minimum Gasteiger partial charge on any atom is -0.307 e. The molecule has 1 saturated heterocycles. The molecule has 0 radical (unpaired) electrons. The van der Waals surface area contributed by atoms with E-state index < -0.39 is 0 Å². The van der Waals surface area contributed by atoms with Crippen LogP contribution in [-0.2, 0) is 13.0 Å².